The Morgan fingerprint density at radius 2 is 1.65 bits per heavy atom. The van der Waals surface area contributed by atoms with Crippen LogP contribution >= 0.6 is 0 Å². The van der Waals surface area contributed by atoms with E-state index in [-0.39, 0.29) is 0 Å². The fourth-order valence-corrected chi connectivity index (χ4v) is 2.03. The van der Waals surface area contributed by atoms with Crippen LogP contribution in [0.15, 0.2) is 54.6 Å². The van der Waals surface area contributed by atoms with E-state index < -0.39 is 0 Å². The Morgan fingerprint density at radius 3 is 2.35 bits per heavy atom. The second kappa shape index (κ2) is 4.22. The first kappa shape index (κ1) is 10.4. The van der Waals surface area contributed by atoms with Crippen LogP contribution in [0.1, 0.15) is 17.9 Å². The van der Waals surface area contributed by atoms with Crippen molar-refractivity contribution in [3.05, 3.63) is 60.2 Å². The van der Waals surface area contributed by atoms with Crippen LogP contribution in [0.5, 0.6) is 11.5 Å². The molecule has 0 unspecified atom stereocenters. The molecule has 0 spiro atoms. The van der Waals surface area contributed by atoms with Crippen molar-refractivity contribution < 1.29 is 4.74 Å². The molecular weight excluding hydrogens is 210 g/mol. The highest BCUT2D eigenvalue weighted by atomic mass is 16.5. The highest BCUT2D eigenvalue weighted by Gasteiger charge is 2.34. The molecule has 0 amide bonds. The molecule has 2 atom stereocenters. The highest BCUT2D eigenvalue weighted by molar-refractivity contribution is 5.37. The largest absolute Gasteiger partial charge is 0.457 e. The lowest BCUT2D eigenvalue weighted by Crippen LogP contribution is -2.00. The molecular formula is C15H15NO. The predicted octanol–water partition coefficient (Wildman–Crippen LogP) is 3.29. The summed E-state index contributed by atoms with van der Waals surface area (Å²) in [5, 5.41) is 0. The van der Waals surface area contributed by atoms with Gasteiger partial charge >= 0.3 is 0 Å². The zero-order chi connectivity index (χ0) is 11.7. The van der Waals surface area contributed by atoms with Gasteiger partial charge in [0, 0.05) is 12.0 Å². The molecule has 0 bridgehead atoms. The van der Waals surface area contributed by atoms with Gasteiger partial charge in [-0.05, 0) is 36.2 Å². The van der Waals surface area contributed by atoms with Gasteiger partial charge in [0.2, 0.25) is 0 Å². The maximum Gasteiger partial charge on any atom is 0.127 e. The molecule has 2 nitrogen and oxygen atoms in total. The van der Waals surface area contributed by atoms with Crippen molar-refractivity contribution in [3.63, 3.8) is 0 Å². The lowest BCUT2D eigenvalue weighted by Gasteiger charge is -2.07. The molecule has 17 heavy (non-hydrogen) atoms. The molecule has 86 valence electrons. The van der Waals surface area contributed by atoms with Crippen LogP contribution in [-0.4, -0.2) is 6.04 Å². The number of para-hydroxylation sites is 1. The minimum absolute atomic E-state index is 0.335. The molecule has 3 rings (SSSR count). The molecule has 0 aromatic heterocycles. The van der Waals surface area contributed by atoms with Gasteiger partial charge in [0.15, 0.2) is 0 Å². The van der Waals surface area contributed by atoms with E-state index in [0.717, 1.165) is 17.9 Å². The smallest absolute Gasteiger partial charge is 0.127 e. The Hall–Kier alpha value is -1.80. The van der Waals surface area contributed by atoms with E-state index in [0.29, 0.717) is 12.0 Å². The van der Waals surface area contributed by atoms with Gasteiger partial charge in [0.1, 0.15) is 11.5 Å². The van der Waals surface area contributed by atoms with E-state index in [9.17, 15) is 0 Å². The van der Waals surface area contributed by atoms with Gasteiger partial charge in [-0.2, -0.15) is 0 Å². The normalized spacial score (nSPS) is 22.2. The molecule has 0 radical (unpaired) electrons. The van der Waals surface area contributed by atoms with E-state index in [4.69, 9.17) is 10.5 Å². The summed E-state index contributed by atoms with van der Waals surface area (Å²) in [5.41, 5.74) is 7.14. The molecule has 1 fully saturated rings. The predicted molar refractivity (Wildman–Crippen MR) is 68.3 cm³/mol. The number of nitrogens with two attached hydrogens (primary N) is 1. The first-order chi connectivity index (χ1) is 8.33. The molecule has 0 saturated heterocycles. The minimum Gasteiger partial charge on any atom is -0.457 e. The van der Waals surface area contributed by atoms with Crippen LogP contribution in [-0.2, 0) is 0 Å². The molecule has 1 aliphatic carbocycles. The molecule has 2 heteroatoms. The maximum absolute atomic E-state index is 5.86. The Labute approximate surface area is 101 Å². The van der Waals surface area contributed by atoms with Crippen LogP contribution in [0, 0.1) is 0 Å². The highest BCUT2D eigenvalue weighted by Crippen LogP contribution is 2.40. The molecule has 2 N–H and O–H groups in total. The average Bonchev–Trinajstić information content (AvgIpc) is 3.08. The average molecular weight is 225 g/mol. The molecule has 2 aromatic rings. The van der Waals surface area contributed by atoms with Gasteiger partial charge in [-0.3, -0.25) is 0 Å². The van der Waals surface area contributed by atoms with E-state index >= 15 is 0 Å². The second-order valence-electron chi connectivity index (χ2n) is 4.49. The van der Waals surface area contributed by atoms with Crippen LogP contribution < -0.4 is 10.5 Å². The van der Waals surface area contributed by atoms with Crippen molar-refractivity contribution >= 4 is 0 Å². The summed E-state index contributed by atoms with van der Waals surface area (Å²) < 4.78 is 5.79. The Balaban J connectivity index is 1.79. The first-order valence-electron chi connectivity index (χ1n) is 5.91. The van der Waals surface area contributed by atoms with E-state index in [1.54, 1.807) is 0 Å². The number of rotatable bonds is 3. The summed E-state index contributed by atoms with van der Waals surface area (Å²) in [6.07, 6.45) is 1.09. The maximum atomic E-state index is 5.86. The van der Waals surface area contributed by atoms with Gasteiger partial charge in [-0.1, -0.05) is 30.3 Å². The van der Waals surface area contributed by atoms with Gasteiger partial charge < -0.3 is 10.5 Å². The summed E-state index contributed by atoms with van der Waals surface area (Å²) in [6.45, 7) is 0. The molecule has 0 aliphatic heterocycles. The van der Waals surface area contributed by atoms with Crippen LogP contribution in [0.2, 0.25) is 0 Å². The van der Waals surface area contributed by atoms with Gasteiger partial charge in [-0.15, -0.1) is 0 Å². The van der Waals surface area contributed by atoms with E-state index in [2.05, 4.69) is 12.1 Å². The van der Waals surface area contributed by atoms with Crippen LogP contribution in [0.4, 0.5) is 0 Å². The summed E-state index contributed by atoms with van der Waals surface area (Å²) in [7, 11) is 0. The minimum atomic E-state index is 0.335. The topological polar surface area (TPSA) is 35.2 Å². The van der Waals surface area contributed by atoms with Crippen molar-refractivity contribution in [3.8, 4) is 11.5 Å². The van der Waals surface area contributed by atoms with Crippen LogP contribution in [0.25, 0.3) is 0 Å². The fourth-order valence-electron chi connectivity index (χ4n) is 2.03. The lowest BCUT2D eigenvalue weighted by atomic mass is 10.1. The molecule has 2 aromatic carbocycles. The Morgan fingerprint density at radius 1 is 0.941 bits per heavy atom. The third kappa shape index (κ3) is 2.32. The van der Waals surface area contributed by atoms with Crippen molar-refractivity contribution in [2.45, 2.75) is 18.4 Å². The Kier molecular flexibility index (Phi) is 2.57. The van der Waals surface area contributed by atoms with Gasteiger partial charge in [0.25, 0.3) is 0 Å². The first-order valence-corrected chi connectivity index (χ1v) is 5.91. The van der Waals surface area contributed by atoms with E-state index in [1.165, 1.54) is 5.56 Å². The van der Waals surface area contributed by atoms with Gasteiger partial charge in [-0.25, -0.2) is 0 Å². The summed E-state index contributed by atoms with van der Waals surface area (Å²) in [4.78, 5) is 0. The summed E-state index contributed by atoms with van der Waals surface area (Å²) >= 11 is 0. The Bertz CT molecular complexity index is 509. The zero-order valence-electron chi connectivity index (χ0n) is 9.54. The zero-order valence-corrected chi connectivity index (χ0v) is 9.54. The quantitative estimate of drug-likeness (QED) is 0.869. The van der Waals surface area contributed by atoms with Crippen molar-refractivity contribution in [2.75, 3.05) is 0 Å². The molecule has 1 aliphatic rings. The lowest BCUT2D eigenvalue weighted by molar-refractivity contribution is 0.482. The fraction of sp³-hybridized carbons (Fsp3) is 0.200. The molecule has 0 heterocycles. The van der Waals surface area contributed by atoms with Crippen LogP contribution in [0.3, 0.4) is 0 Å². The number of hydrogen-bond acceptors (Lipinski definition) is 2. The molecule has 1 saturated carbocycles. The van der Waals surface area contributed by atoms with E-state index in [1.807, 2.05) is 42.5 Å². The summed E-state index contributed by atoms with van der Waals surface area (Å²) in [6, 6.07) is 18.4. The SMILES string of the molecule is N[C@@H]1C[C@H]1c1cccc(Oc2ccccc2)c1. The third-order valence-electron chi connectivity index (χ3n) is 3.10. The van der Waals surface area contributed by atoms with Crippen molar-refractivity contribution in [1.82, 2.24) is 0 Å². The third-order valence-corrected chi connectivity index (χ3v) is 3.10. The van der Waals surface area contributed by atoms with Gasteiger partial charge in [0.05, 0.1) is 0 Å². The van der Waals surface area contributed by atoms with Crippen molar-refractivity contribution in [2.24, 2.45) is 5.73 Å². The number of ether oxygens (including phenoxy) is 1. The monoisotopic (exact) mass is 225 g/mol. The number of benzene rings is 2. The number of hydrogen-bond donors (Lipinski definition) is 1. The standard InChI is InChI=1S/C15H15NO/c16-15-10-14(15)11-5-4-8-13(9-11)17-12-6-2-1-3-7-12/h1-9,14-15H,10,16H2/t14-,15+/m0/s1. The summed E-state index contributed by atoms with van der Waals surface area (Å²) in [5.74, 6) is 2.27. The second-order valence-corrected chi connectivity index (χ2v) is 4.49. The van der Waals surface area contributed by atoms with Crippen molar-refractivity contribution in [1.29, 1.82) is 0 Å².